The summed E-state index contributed by atoms with van der Waals surface area (Å²) in [6.45, 7) is 3.31. The Morgan fingerprint density at radius 3 is 2.08 bits per heavy atom. The number of nitrogens with one attached hydrogen (secondary N) is 1. The van der Waals surface area contributed by atoms with E-state index in [4.69, 9.17) is 15.9 Å². The molecular formula is C27H45Cl3N4O2. The third kappa shape index (κ3) is 8.97. The number of nitrogen functional groups attached to an aromatic ring is 1. The van der Waals surface area contributed by atoms with Gasteiger partial charge in [0.15, 0.2) is 0 Å². The number of carbonyl (C=O) groups excluding carboxylic acids is 1. The normalized spacial score (nSPS) is 23.1. The fourth-order valence-electron chi connectivity index (χ4n) is 5.98. The highest BCUT2D eigenvalue weighted by Crippen LogP contribution is 2.31. The van der Waals surface area contributed by atoms with E-state index in [0.29, 0.717) is 6.04 Å². The molecule has 0 spiro atoms. The zero-order valence-corrected chi connectivity index (χ0v) is 24.0. The first-order valence-corrected chi connectivity index (χ1v) is 13.1. The fourth-order valence-corrected chi connectivity index (χ4v) is 5.98. The Bertz CT molecular complexity index is 789. The minimum atomic E-state index is 0. The molecule has 3 N–H and O–H groups in total. The van der Waals surface area contributed by atoms with Gasteiger partial charge >= 0.3 is 5.97 Å². The van der Waals surface area contributed by atoms with Crippen LogP contribution in [0.15, 0.2) is 24.3 Å². The van der Waals surface area contributed by atoms with Crippen LogP contribution < -0.4 is 10.6 Å². The van der Waals surface area contributed by atoms with Crippen LogP contribution in [0.3, 0.4) is 0 Å². The van der Waals surface area contributed by atoms with Crippen LogP contribution in [0.5, 0.6) is 0 Å². The predicted molar refractivity (Wildman–Crippen MR) is 155 cm³/mol. The minimum absolute atomic E-state index is 0. The number of esters is 1. The summed E-state index contributed by atoms with van der Waals surface area (Å²) in [4.78, 5) is 17.6. The molecule has 3 fully saturated rings. The Morgan fingerprint density at radius 1 is 0.944 bits per heavy atom. The zero-order valence-electron chi connectivity index (χ0n) is 21.5. The van der Waals surface area contributed by atoms with Crippen LogP contribution in [-0.2, 0) is 9.53 Å². The Hall–Kier alpha value is -1.21. The highest BCUT2D eigenvalue weighted by Gasteiger charge is 2.32. The van der Waals surface area contributed by atoms with Crippen molar-refractivity contribution in [3.8, 4) is 0 Å². The van der Waals surface area contributed by atoms with E-state index in [1.165, 1.54) is 37.8 Å². The summed E-state index contributed by atoms with van der Waals surface area (Å²) in [5.74, 6) is 1.05. The molecule has 4 rings (SSSR count). The maximum atomic E-state index is 12.6. The molecule has 1 aliphatic heterocycles. The van der Waals surface area contributed by atoms with Crippen molar-refractivity contribution in [2.75, 3.05) is 31.6 Å². The highest BCUT2D eigenvalue weighted by atomic mass is 35.5. The molecule has 1 saturated heterocycles. The molecule has 0 aromatic heterocycles. The van der Waals surface area contributed by atoms with Crippen LogP contribution in [-0.4, -0.2) is 55.5 Å². The van der Waals surface area contributed by atoms with E-state index in [9.17, 15) is 4.79 Å². The molecule has 206 valence electrons. The molecule has 3 aliphatic rings. The number of piperidine rings is 1. The van der Waals surface area contributed by atoms with Crippen molar-refractivity contribution in [3.63, 3.8) is 0 Å². The van der Waals surface area contributed by atoms with Crippen molar-refractivity contribution in [2.24, 2.45) is 17.6 Å². The van der Waals surface area contributed by atoms with Gasteiger partial charge in [-0.3, -0.25) is 10.2 Å². The molecule has 9 heteroatoms. The summed E-state index contributed by atoms with van der Waals surface area (Å²) in [5, 5.41) is 7.55. The van der Waals surface area contributed by atoms with Gasteiger partial charge in [0.1, 0.15) is 11.9 Å². The summed E-state index contributed by atoms with van der Waals surface area (Å²) in [6.07, 6.45) is 12.6. The summed E-state index contributed by atoms with van der Waals surface area (Å²) in [6, 6.07) is 8.65. The van der Waals surface area contributed by atoms with Crippen LogP contribution >= 0.6 is 37.2 Å². The number of halogens is 3. The van der Waals surface area contributed by atoms with Crippen LogP contribution in [0, 0.1) is 17.2 Å². The Kier molecular flexibility index (Phi) is 14.5. The molecule has 0 bridgehead atoms. The second kappa shape index (κ2) is 15.9. The standard InChI is InChI=1S/C27H42N4O2.3ClH/c1-30(23-11-9-22(10-12-23)27(32)33-25-5-3-2-4-6-25)19-20-15-17-31(18-16-20)24-13-7-21(8-14-24)26(28)29;;;/h7-8,13-14,20,22-23,25H,2-6,9-12,15-19H2,1H3,(H3,28,29);3*1H/t22-,23-;;;. The molecule has 36 heavy (non-hydrogen) atoms. The van der Waals surface area contributed by atoms with Crippen molar-refractivity contribution in [2.45, 2.75) is 82.8 Å². The van der Waals surface area contributed by atoms with E-state index < -0.39 is 0 Å². The lowest BCUT2D eigenvalue weighted by molar-refractivity contribution is -0.157. The molecule has 6 nitrogen and oxygen atoms in total. The lowest BCUT2D eigenvalue weighted by Gasteiger charge is -2.39. The maximum absolute atomic E-state index is 12.6. The van der Waals surface area contributed by atoms with Gasteiger partial charge in [-0.2, -0.15) is 0 Å². The topological polar surface area (TPSA) is 82.7 Å². The Balaban J connectivity index is 0.00000216. The van der Waals surface area contributed by atoms with Gasteiger partial charge in [-0.1, -0.05) is 6.42 Å². The molecule has 2 aliphatic carbocycles. The summed E-state index contributed by atoms with van der Waals surface area (Å²) >= 11 is 0. The largest absolute Gasteiger partial charge is 0.462 e. The van der Waals surface area contributed by atoms with Gasteiger partial charge in [-0.15, -0.1) is 37.2 Å². The van der Waals surface area contributed by atoms with E-state index in [1.807, 2.05) is 12.1 Å². The lowest BCUT2D eigenvalue weighted by Crippen LogP contribution is -2.42. The first-order chi connectivity index (χ1) is 16.0. The van der Waals surface area contributed by atoms with E-state index in [2.05, 4.69) is 29.0 Å². The molecule has 1 heterocycles. The van der Waals surface area contributed by atoms with E-state index in [1.54, 1.807) is 0 Å². The monoisotopic (exact) mass is 562 g/mol. The Morgan fingerprint density at radius 2 is 1.53 bits per heavy atom. The number of carbonyl (C=O) groups is 1. The first-order valence-electron chi connectivity index (χ1n) is 13.1. The molecule has 0 amide bonds. The van der Waals surface area contributed by atoms with Crippen LogP contribution in [0.2, 0.25) is 0 Å². The number of ether oxygens (including phenoxy) is 1. The number of amidine groups is 1. The number of nitrogens with zero attached hydrogens (tertiary/aromatic N) is 2. The highest BCUT2D eigenvalue weighted by molar-refractivity contribution is 5.95. The number of hydrogen-bond acceptors (Lipinski definition) is 5. The molecule has 1 aromatic rings. The van der Waals surface area contributed by atoms with Gasteiger partial charge in [-0.05, 0) is 101 Å². The van der Waals surface area contributed by atoms with E-state index in [-0.39, 0.29) is 61.0 Å². The zero-order chi connectivity index (χ0) is 23.2. The smallest absolute Gasteiger partial charge is 0.309 e. The lowest BCUT2D eigenvalue weighted by atomic mass is 9.84. The second-order valence-electron chi connectivity index (χ2n) is 10.5. The predicted octanol–water partition coefficient (Wildman–Crippen LogP) is 5.82. The summed E-state index contributed by atoms with van der Waals surface area (Å²) in [7, 11) is 2.28. The summed E-state index contributed by atoms with van der Waals surface area (Å²) in [5.41, 5.74) is 7.58. The second-order valence-corrected chi connectivity index (χ2v) is 10.5. The molecule has 0 unspecified atom stereocenters. The third-order valence-electron chi connectivity index (χ3n) is 8.19. The van der Waals surface area contributed by atoms with E-state index in [0.717, 1.165) is 69.6 Å². The van der Waals surface area contributed by atoms with Gasteiger partial charge in [0.25, 0.3) is 0 Å². The van der Waals surface area contributed by atoms with Gasteiger partial charge in [0, 0.05) is 36.9 Å². The maximum Gasteiger partial charge on any atom is 0.309 e. The van der Waals surface area contributed by atoms with Gasteiger partial charge < -0.3 is 20.3 Å². The van der Waals surface area contributed by atoms with Gasteiger partial charge in [0.2, 0.25) is 0 Å². The molecular weight excluding hydrogens is 519 g/mol. The minimum Gasteiger partial charge on any atom is -0.462 e. The van der Waals surface area contributed by atoms with Crippen LogP contribution in [0.1, 0.15) is 76.2 Å². The number of rotatable bonds is 7. The molecule has 0 atom stereocenters. The van der Waals surface area contributed by atoms with Crippen LogP contribution in [0.4, 0.5) is 5.69 Å². The van der Waals surface area contributed by atoms with Crippen LogP contribution in [0.25, 0.3) is 0 Å². The first kappa shape index (κ1) is 32.8. The number of benzene rings is 1. The quantitative estimate of drug-likeness (QED) is 0.248. The SMILES string of the molecule is CN(CC1CCN(c2ccc(C(=N)N)cc2)CC1)[C@H]1CC[C@H](C(=O)OC2CCCCC2)CC1.Cl.Cl.Cl. The van der Waals surface area contributed by atoms with E-state index >= 15 is 0 Å². The van der Waals surface area contributed by atoms with Gasteiger partial charge in [0.05, 0.1) is 5.92 Å². The van der Waals surface area contributed by atoms with Crippen molar-refractivity contribution in [1.29, 1.82) is 5.41 Å². The Labute approximate surface area is 235 Å². The average molecular weight is 564 g/mol. The number of hydrogen-bond donors (Lipinski definition) is 2. The average Bonchev–Trinajstić information content (AvgIpc) is 2.85. The van der Waals surface area contributed by atoms with Gasteiger partial charge in [-0.25, -0.2) is 0 Å². The van der Waals surface area contributed by atoms with Crippen molar-refractivity contribution >= 4 is 54.7 Å². The molecule has 1 aromatic carbocycles. The fraction of sp³-hybridized carbons (Fsp3) is 0.704. The van der Waals surface area contributed by atoms with Crippen molar-refractivity contribution < 1.29 is 9.53 Å². The number of anilines is 1. The number of nitrogens with two attached hydrogens (primary N) is 1. The van der Waals surface area contributed by atoms with Crippen molar-refractivity contribution in [1.82, 2.24) is 4.90 Å². The molecule has 2 saturated carbocycles. The summed E-state index contributed by atoms with van der Waals surface area (Å²) < 4.78 is 5.84. The third-order valence-corrected chi connectivity index (χ3v) is 8.19. The molecule has 0 radical (unpaired) electrons. The van der Waals surface area contributed by atoms with Crippen molar-refractivity contribution in [3.05, 3.63) is 29.8 Å².